The Morgan fingerprint density at radius 2 is 1.86 bits per heavy atom. The Labute approximate surface area is 119 Å². The van der Waals surface area contributed by atoms with Gasteiger partial charge in [0.15, 0.2) is 0 Å². The summed E-state index contributed by atoms with van der Waals surface area (Å²) in [4.78, 5) is 0. The Morgan fingerprint density at radius 3 is 2.43 bits per heavy atom. The molecular weight excluding hydrogens is 281 g/mol. The standard InChI is InChI=1S/C15H11F3N2O/c16-13-7-11(8-19)3-6-14(13)20-9-10-1-4-12(5-2-10)21-15(17)18/h1-7,15,20H,9H2. The number of alkyl halides is 2. The minimum atomic E-state index is -2.86. The highest BCUT2D eigenvalue weighted by Crippen LogP contribution is 2.18. The molecule has 1 N–H and O–H groups in total. The van der Waals surface area contributed by atoms with Crippen LogP contribution in [0.5, 0.6) is 5.75 Å². The Bertz CT molecular complexity index is 651. The lowest BCUT2D eigenvalue weighted by atomic mass is 10.2. The van der Waals surface area contributed by atoms with Crippen LogP contribution in [0.25, 0.3) is 0 Å². The van der Waals surface area contributed by atoms with Gasteiger partial charge in [-0.2, -0.15) is 14.0 Å². The molecule has 2 aromatic rings. The van der Waals surface area contributed by atoms with Gasteiger partial charge in [-0.1, -0.05) is 12.1 Å². The van der Waals surface area contributed by atoms with Crippen molar-refractivity contribution in [2.45, 2.75) is 13.2 Å². The van der Waals surface area contributed by atoms with Gasteiger partial charge in [-0.3, -0.25) is 0 Å². The maximum absolute atomic E-state index is 13.6. The van der Waals surface area contributed by atoms with Gasteiger partial charge in [0, 0.05) is 6.54 Å². The van der Waals surface area contributed by atoms with Crippen LogP contribution in [0.3, 0.4) is 0 Å². The normalized spacial score (nSPS) is 10.2. The van der Waals surface area contributed by atoms with Crippen LogP contribution in [0.1, 0.15) is 11.1 Å². The maximum atomic E-state index is 13.6. The van der Waals surface area contributed by atoms with E-state index in [-0.39, 0.29) is 17.0 Å². The van der Waals surface area contributed by atoms with Crippen molar-refractivity contribution in [2.75, 3.05) is 5.32 Å². The lowest BCUT2D eigenvalue weighted by Crippen LogP contribution is -2.03. The average Bonchev–Trinajstić information content (AvgIpc) is 2.47. The summed E-state index contributed by atoms with van der Waals surface area (Å²) in [5.74, 6) is -0.454. The molecule has 0 saturated carbocycles. The largest absolute Gasteiger partial charge is 0.435 e. The van der Waals surface area contributed by atoms with Crippen LogP contribution in [0.2, 0.25) is 0 Å². The van der Waals surface area contributed by atoms with Crippen molar-refractivity contribution in [1.29, 1.82) is 5.26 Å². The van der Waals surface area contributed by atoms with Crippen molar-refractivity contribution >= 4 is 5.69 Å². The number of hydrogen-bond acceptors (Lipinski definition) is 3. The molecule has 0 aliphatic heterocycles. The first-order valence-corrected chi connectivity index (χ1v) is 6.06. The number of nitrogens with one attached hydrogen (secondary N) is 1. The van der Waals surface area contributed by atoms with E-state index in [2.05, 4.69) is 10.1 Å². The van der Waals surface area contributed by atoms with Gasteiger partial charge in [0.1, 0.15) is 11.6 Å². The lowest BCUT2D eigenvalue weighted by Gasteiger charge is -2.09. The van der Waals surface area contributed by atoms with Crippen molar-refractivity contribution in [1.82, 2.24) is 0 Å². The van der Waals surface area contributed by atoms with E-state index in [9.17, 15) is 13.2 Å². The number of ether oxygens (including phenoxy) is 1. The monoisotopic (exact) mass is 292 g/mol. The average molecular weight is 292 g/mol. The summed E-state index contributed by atoms with van der Waals surface area (Å²) < 4.78 is 41.9. The summed E-state index contributed by atoms with van der Waals surface area (Å²) in [6, 6.07) is 12.0. The highest BCUT2D eigenvalue weighted by atomic mass is 19.3. The minimum Gasteiger partial charge on any atom is -0.435 e. The van der Waals surface area contributed by atoms with E-state index in [0.29, 0.717) is 6.54 Å². The van der Waals surface area contributed by atoms with Gasteiger partial charge in [-0.25, -0.2) is 4.39 Å². The van der Waals surface area contributed by atoms with Gasteiger partial charge in [0.2, 0.25) is 0 Å². The van der Waals surface area contributed by atoms with Crippen LogP contribution >= 0.6 is 0 Å². The summed E-state index contributed by atoms with van der Waals surface area (Å²) in [6.45, 7) is -2.54. The van der Waals surface area contributed by atoms with Gasteiger partial charge < -0.3 is 10.1 Å². The molecule has 2 aromatic carbocycles. The molecule has 0 heterocycles. The Morgan fingerprint density at radius 1 is 1.14 bits per heavy atom. The predicted octanol–water partition coefficient (Wildman–Crippen LogP) is 3.91. The molecule has 0 aromatic heterocycles. The van der Waals surface area contributed by atoms with Gasteiger partial charge in [0.25, 0.3) is 0 Å². The fourth-order valence-electron chi connectivity index (χ4n) is 1.71. The number of rotatable bonds is 5. The van der Waals surface area contributed by atoms with Crippen molar-refractivity contribution in [3.8, 4) is 11.8 Å². The van der Waals surface area contributed by atoms with Crippen molar-refractivity contribution < 1.29 is 17.9 Å². The number of nitriles is 1. The van der Waals surface area contributed by atoms with E-state index < -0.39 is 12.4 Å². The number of halogens is 3. The van der Waals surface area contributed by atoms with Crippen LogP contribution in [0.15, 0.2) is 42.5 Å². The first-order valence-electron chi connectivity index (χ1n) is 6.06. The first-order chi connectivity index (χ1) is 10.1. The van der Waals surface area contributed by atoms with E-state index in [1.807, 2.05) is 6.07 Å². The molecule has 0 spiro atoms. The summed E-state index contributed by atoms with van der Waals surface area (Å²) in [5.41, 5.74) is 1.29. The van der Waals surface area contributed by atoms with Crippen LogP contribution in [0, 0.1) is 17.1 Å². The van der Waals surface area contributed by atoms with Gasteiger partial charge in [-0.05, 0) is 35.9 Å². The molecule has 0 aliphatic carbocycles. The highest BCUT2D eigenvalue weighted by Gasteiger charge is 2.05. The van der Waals surface area contributed by atoms with Crippen LogP contribution in [-0.4, -0.2) is 6.61 Å². The molecule has 6 heteroatoms. The Hall–Kier alpha value is -2.68. The molecule has 0 radical (unpaired) electrons. The minimum absolute atomic E-state index is 0.0679. The summed E-state index contributed by atoms with van der Waals surface area (Å²) in [5, 5.41) is 11.5. The van der Waals surface area contributed by atoms with Crippen LogP contribution in [-0.2, 0) is 6.54 Å². The molecule has 0 unspecified atom stereocenters. The second kappa shape index (κ2) is 6.66. The topological polar surface area (TPSA) is 45.0 Å². The van der Waals surface area contributed by atoms with E-state index in [1.165, 1.54) is 24.3 Å². The molecule has 108 valence electrons. The van der Waals surface area contributed by atoms with Gasteiger partial charge in [-0.15, -0.1) is 0 Å². The molecule has 2 rings (SSSR count). The lowest BCUT2D eigenvalue weighted by molar-refractivity contribution is -0.0498. The quantitative estimate of drug-likeness (QED) is 0.908. The van der Waals surface area contributed by atoms with Crippen LogP contribution < -0.4 is 10.1 Å². The van der Waals surface area contributed by atoms with Crippen molar-refractivity contribution in [3.63, 3.8) is 0 Å². The first kappa shape index (κ1) is 14.7. The van der Waals surface area contributed by atoms with Gasteiger partial charge >= 0.3 is 6.61 Å². The van der Waals surface area contributed by atoms with Gasteiger partial charge in [0.05, 0.1) is 17.3 Å². The molecule has 0 amide bonds. The molecule has 0 bridgehead atoms. The molecule has 3 nitrogen and oxygen atoms in total. The second-order valence-corrected chi connectivity index (χ2v) is 4.18. The molecule has 0 fully saturated rings. The van der Waals surface area contributed by atoms with E-state index in [4.69, 9.17) is 5.26 Å². The maximum Gasteiger partial charge on any atom is 0.387 e. The predicted molar refractivity (Wildman–Crippen MR) is 71.5 cm³/mol. The summed E-state index contributed by atoms with van der Waals surface area (Å²) in [6.07, 6.45) is 0. The fourth-order valence-corrected chi connectivity index (χ4v) is 1.71. The molecule has 0 saturated heterocycles. The van der Waals surface area contributed by atoms with Crippen LogP contribution in [0.4, 0.5) is 18.9 Å². The Kier molecular flexibility index (Phi) is 4.67. The van der Waals surface area contributed by atoms with Crippen molar-refractivity contribution in [3.05, 3.63) is 59.4 Å². The third-order valence-electron chi connectivity index (χ3n) is 2.73. The third-order valence-corrected chi connectivity index (χ3v) is 2.73. The molecule has 0 atom stereocenters. The summed E-state index contributed by atoms with van der Waals surface area (Å²) in [7, 11) is 0. The molecule has 21 heavy (non-hydrogen) atoms. The molecule has 0 aliphatic rings. The Balaban J connectivity index is 1.98. The van der Waals surface area contributed by atoms with Crippen molar-refractivity contribution in [2.24, 2.45) is 0 Å². The smallest absolute Gasteiger partial charge is 0.387 e. The SMILES string of the molecule is N#Cc1ccc(NCc2ccc(OC(F)F)cc2)c(F)c1. The zero-order chi connectivity index (χ0) is 15.2. The second-order valence-electron chi connectivity index (χ2n) is 4.18. The summed E-state index contributed by atoms with van der Waals surface area (Å²) >= 11 is 0. The highest BCUT2D eigenvalue weighted by molar-refractivity contribution is 5.49. The number of hydrogen-bond donors (Lipinski definition) is 1. The van der Waals surface area contributed by atoms with E-state index in [1.54, 1.807) is 12.1 Å². The van der Waals surface area contributed by atoms with E-state index >= 15 is 0 Å². The number of nitrogens with zero attached hydrogens (tertiary/aromatic N) is 1. The zero-order valence-electron chi connectivity index (χ0n) is 10.8. The number of anilines is 1. The third kappa shape index (κ3) is 4.14. The zero-order valence-corrected chi connectivity index (χ0v) is 10.8. The number of benzene rings is 2. The fraction of sp³-hybridized carbons (Fsp3) is 0.133. The molecular formula is C15H11F3N2O. The van der Waals surface area contributed by atoms with E-state index in [0.717, 1.165) is 11.6 Å².